The second-order valence-corrected chi connectivity index (χ2v) is 6.08. The van der Waals surface area contributed by atoms with Gasteiger partial charge in [-0.3, -0.25) is 15.1 Å². The summed E-state index contributed by atoms with van der Waals surface area (Å²) >= 11 is 0. The molecule has 0 spiro atoms. The number of amides is 5. The third-order valence-corrected chi connectivity index (χ3v) is 3.90. The van der Waals surface area contributed by atoms with Crippen LogP contribution in [0.25, 0.3) is 0 Å². The van der Waals surface area contributed by atoms with Crippen LogP contribution in [0.1, 0.15) is 24.2 Å². The highest BCUT2D eigenvalue weighted by atomic mass is 16.2. The maximum absolute atomic E-state index is 13.1. The monoisotopic (exact) mass is 353 g/mol. The van der Waals surface area contributed by atoms with Crippen LogP contribution in [-0.4, -0.2) is 29.0 Å². The van der Waals surface area contributed by atoms with E-state index in [1.165, 1.54) is 16.0 Å². The molecular formula is C18H19N5O3. The van der Waals surface area contributed by atoms with Crippen LogP contribution in [-0.2, 0) is 0 Å². The van der Waals surface area contributed by atoms with Gasteiger partial charge in [0.05, 0.1) is 16.9 Å². The molecule has 0 saturated heterocycles. The van der Waals surface area contributed by atoms with E-state index in [9.17, 15) is 14.4 Å². The molecule has 0 aliphatic carbocycles. The van der Waals surface area contributed by atoms with Crippen LogP contribution in [0.4, 0.5) is 26.7 Å². The Hall–Kier alpha value is -3.55. The average Bonchev–Trinajstić information content (AvgIpc) is 2.70. The molecular weight excluding hydrogens is 334 g/mol. The van der Waals surface area contributed by atoms with Crippen molar-refractivity contribution < 1.29 is 14.4 Å². The van der Waals surface area contributed by atoms with Crippen molar-refractivity contribution in [3.8, 4) is 0 Å². The summed E-state index contributed by atoms with van der Waals surface area (Å²) in [5.74, 6) is -0.450. The van der Waals surface area contributed by atoms with Crippen LogP contribution in [0.15, 0.2) is 48.5 Å². The lowest BCUT2D eigenvalue weighted by atomic mass is 10.1. The lowest BCUT2D eigenvalue weighted by Crippen LogP contribution is -2.52. The molecule has 4 N–H and O–H groups in total. The predicted molar refractivity (Wildman–Crippen MR) is 98.1 cm³/mol. The molecule has 0 bridgehead atoms. The van der Waals surface area contributed by atoms with Gasteiger partial charge in [0.2, 0.25) is 0 Å². The number of nitrogens with zero attached hydrogens (tertiary/aromatic N) is 2. The van der Waals surface area contributed by atoms with Gasteiger partial charge in [-0.2, -0.15) is 0 Å². The van der Waals surface area contributed by atoms with Crippen molar-refractivity contribution in [3.05, 3.63) is 54.1 Å². The minimum absolute atomic E-state index is 0.247. The number of benzene rings is 2. The topological polar surface area (TPSA) is 108 Å². The van der Waals surface area contributed by atoms with Gasteiger partial charge in [0, 0.05) is 11.7 Å². The summed E-state index contributed by atoms with van der Waals surface area (Å²) < 4.78 is 0. The quantitative estimate of drug-likeness (QED) is 0.789. The number of primary amides is 1. The van der Waals surface area contributed by atoms with Crippen molar-refractivity contribution >= 4 is 35.0 Å². The van der Waals surface area contributed by atoms with Crippen molar-refractivity contribution in [2.75, 3.05) is 10.2 Å². The third kappa shape index (κ3) is 3.16. The van der Waals surface area contributed by atoms with Crippen molar-refractivity contribution in [3.63, 3.8) is 0 Å². The molecule has 2 aromatic rings. The maximum atomic E-state index is 13.1. The molecule has 26 heavy (non-hydrogen) atoms. The first kappa shape index (κ1) is 17.3. The van der Waals surface area contributed by atoms with Gasteiger partial charge in [0.25, 0.3) is 5.91 Å². The average molecular weight is 353 g/mol. The number of hydrogen-bond acceptors (Lipinski definition) is 3. The predicted octanol–water partition coefficient (Wildman–Crippen LogP) is 2.80. The van der Waals surface area contributed by atoms with Gasteiger partial charge in [-0.25, -0.2) is 14.6 Å². The first-order chi connectivity index (χ1) is 12.4. The maximum Gasteiger partial charge on any atom is 0.348 e. The zero-order chi connectivity index (χ0) is 18.8. The number of fused-ring (bicyclic) bond motifs is 1. The number of para-hydroxylation sites is 1. The summed E-state index contributed by atoms with van der Waals surface area (Å²) in [5.41, 5.74) is 9.42. The Balaban J connectivity index is 2.17. The molecule has 8 heteroatoms. The van der Waals surface area contributed by atoms with E-state index in [0.29, 0.717) is 17.1 Å². The third-order valence-electron chi connectivity index (χ3n) is 3.90. The summed E-state index contributed by atoms with van der Waals surface area (Å²) in [6, 6.07) is 12.3. The lowest BCUT2D eigenvalue weighted by molar-refractivity contribution is 0.0805. The Morgan fingerprint density at radius 1 is 1.12 bits per heavy atom. The number of nitrogens with two attached hydrogens (primary N) is 1. The highest BCUT2D eigenvalue weighted by molar-refractivity contribution is 6.11. The SMILES string of the molecule is CC(C)N1NC(=O)c2cc(NC(N)=O)ccc2N(c2ccccc2)C1=O. The highest BCUT2D eigenvalue weighted by Gasteiger charge is 2.34. The normalized spacial score (nSPS) is 14.0. The standard InChI is InChI=1S/C18H19N5O3/c1-11(2)23-18(26)22(13-6-4-3-5-7-13)15-9-8-12(20-17(19)25)10-14(15)16(24)21-23/h3-11H,1-2H3,(H,21,24)(H3,19,20,25). The Bertz CT molecular complexity index is 866. The van der Waals surface area contributed by atoms with E-state index in [1.54, 1.807) is 38.1 Å². The molecule has 0 saturated carbocycles. The number of urea groups is 2. The Labute approximate surface area is 150 Å². The number of hydrazine groups is 1. The first-order valence-electron chi connectivity index (χ1n) is 8.08. The fraction of sp³-hybridized carbons (Fsp3) is 0.167. The van der Waals surface area contributed by atoms with E-state index in [-0.39, 0.29) is 17.6 Å². The fourth-order valence-electron chi connectivity index (χ4n) is 2.74. The van der Waals surface area contributed by atoms with Crippen molar-refractivity contribution in [1.82, 2.24) is 10.4 Å². The molecule has 2 aromatic carbocycles. The number of carbonyl (C=O) groups excluding carboxylic acids is 3. The van der Waals surface area contributed by atoms with E-state index in [1.807, 2.05) is 18.2 Å². The molecule has 134 valence electrons. The van der Waals surface area contributed by atoms with Gasteiger partial charge < -0.3 is 11.1 Å². The van der Waals surface area contributed by atoms with Gasteiger partial charge in [-0.1, -0.05) is 18.2 Å². The number of rotatable bonds is 3. The summed E-state index contributed by atoms with van der Waals surface area (Å²) in [5, 5.41) is 3.71. The number of anilines is 3. The van der Waals surface area contributed by atoms with Crippen molar-refractivity contribution in [2.24, 2.45) is 5.73 Å². The second-order valence-electron chi connectivity index (χ2n) is 6.08. The lowest BCUT2D eigenvalue weighted by Gasteiger charge is -2.30. The highest BCUT2D eigenvalue weighted by Crippen LogP contribution is 2.33. The Morgan fingerprint density at radius 3 is 2.42 bits per heavy atom. The summed E-state index contributed by atoms with van der Waals surface area (Å²) in [7, 11) is 0. The number of carbonyl (C=O) groups is 3. The van der Waals surface area contributed by atoms with Gasteiger partial charge in [-0.15, -0.1) is 0 Å². The van der Waals surface area contributed by atoms with E-state index < -0.39 is 11.9 Å². The number of hydrogen-bond donors (Lipinski definition) is 3. The molecule has 0 fully saturated rings. The van der Waals surface area contributed by atoms with Crippen molar-refractivity contribution in [2.45, 2.75) is 19.9 Å². The zero-order valence-electron chi connectivity index (χ0n) is 14.4. The van der Waals surface area contributed by atoms with Gasteiger partial charge in [0.15, 0.2) is 0 Å². The summed E-state index contributed by atoms with van der Waals surface area (Å²) in [6.45, 7) is 3.61. The van der Waals surface area contributed by atoms with Crippen molar-refractivity contribution in [1.29, 1.82) is 0 Å². The molecule has 1 aliphatic heterocycles. The van der Waals surface area contributed by atoms with E-state index in [2.05, 4.69) is 10.7 Å². The molecule has 8 nitrogen and oxygen atoms in total. The molecule has 0 radical (unpaired) electrons. The molecule has 0 aromatic heterocycles. The van der Waals surface area contributed by atoms with Gasteiger partial charge in [0.1, 0.15) is 0 Å². The van der Waals surface area contributed by atoms with Crippen LogP contribution in [0.3, 0.4) is 0 Å². The molecule has 5 amide bonds. The van der Waals surface area contributed by atoms with Crippen LogP contribution >= 0.6 is 0 Å². The smallest absolute Gasteiger partial charge is 0.348 e. The number of nitrogens with one attached hydrogen (secondary N) is 2. The summed E-state index contributed by atoms with van der Waals surface area (Å²) in [6.07, 6.45) is 0. The van der Waals surface area contributed by atoms with Crippen LogP contribution in [0.2, 0.25) is 0 Å². The zero-order valence-corrected chi connectivity index (χ0v) is 14.4. The Kier molecular flexibility index (Phi) is 4.49. The van der Waals surface area contributed by atoms with E-state index >= 15 is 0 Å². The van der Waals surface area contributed by atoms with Gasteiger partial charge >= 0.3 is 12.1 Å². The fourth-order valence-corrected chi connectivity index (χ4v) is 2.74. The second kappa shape index (κ2) is 6.75. The molecule has 0 atom stereocenters. The first-order valence-corrected chi connectivity index (χ1v) is 8.08. The van der Waals surface area contributed by atoms with Crippen LogP contribution < -0.4 is 21.4 Å². The summed E-state index contributed by atoms with van der Waals surface area (Å²) in [4.78, 5) is 38.4. The minimum Gasteiger partial charge on any atom is -0.351 e. The minimum atomic E-state index is -0.737. The van der Waals surface area contributed by atoms with Gasteiger partial charge in [-0.05, 0) is 44.2 Å². The molecule has 0 unspecified atom stereocenters. The molecule has 1 heterocycles. The van der Waals surface area contributed by atoms with Crippen LogP contribution in [0.5, 0.6) is 0 Å². The molecule has 1 aliphatic rings. The van der Waals surface area contributed by atoms with E-state index in [0.717, 1.165) is 0 Å². The van der Waals surface area contributed by atoms with E-state index in [4.69, 9.17) is 5.73 Å². The largest absolute Gasteiger partial charge is 0.351 e. The molecule has 3 rings (SSSR count). The Morgan fingerprint density at radius 2 is 1.81 bits per heavy atom. The van der Waals surface area contributed by atoms with Crippen LogP contribution in [0, 0.1) is 0 Å².